The molecule has 16 heavy (non-hydrogen) atoms. The molecule has 0 aliphatic carbocycles. The zero-order chi connectivity index (χ0) is 11.5. The second-order valence-electron chi connectivity index (χ2n) is 4.14. The van der Waals surface area contributed by atoms with Gasteiger partial charge in [-0.3, -0.25) is 0 Å². The summed E-state index contributed by atoms with van der Waals surface area (Å²) >= 11 is 5.91. The van der Waals surface area contributed by atoms with Gasteiger partial charge in [-0.2, -0.15) is 0 Å². The largest absolute Gasteiger partial charge is 0.381 e. The van der Waals surface area contributed by atoms with Crippen LogP contribution in [-0.4, -0.2) is 13.2 Å². The zero-order valence-electron chi connectivity index (χ0n) is 8.96. The van der Waals surface area contributed by atoms with Crippen LogP contribution in [0.3, 0.4) is 0 Å². The predicted octanol–water partition coefficient (Wildman–Crippen LogP) is 3.48. The molecule has 2 rings (SSSR count). The molecule has 1 aromatic rings. The minimum Gasteiger partial charge on any atom is -0.381 e. The molecule has 1 heterocycles. The molecule has 0 saturated carbocycles. The molecule has 0 bridgehead atoms. The summed E-state index contributed by atoms with van der Waals surface area (Å²) in [5, 5.41) is 0. The van der Waals surface area contributed by atoms with Crippen LogP contribution >= 0.6 is 38.5 Å². The van der Waals surface area contributed by atoms with Crippen LogP contribution in [0.2, 0.25) is 0 Å². The summed E-state index contributed by atoms with van der Waals surface area (Å²) < 4.78 is 7.72. The molecule has 4 heteroatoms. The summed E-state index contributed by atoms with van der Waals surface area (Å²) in [4.78, 5) is 0. The third kappa shape index (κ3) is 2.97. The maximum absolute atomic E-state index is 6.35. The van der Waals surface area contributed by atoms with Crippen LogP contribution in [0.1, 0.15) is 24.4 Å². The molecule has 88 valence electrons. The molecule has 2 nitrogen and oxygen atoms in total. The number of nitrogens with two attached hydrogens (primary N) is 1. The zero-order valence-corrected chi connectivity index (χ0v) is 12.7. The van der Waals surface area contributed by atoms with Crippen molar-refractivity contribution in [2.75, 3.05) is 13.2 Å². The number of hydrogen-bond donors (Lipinski definition) is 1. The highest BCUT2D eigenvalue weighted by Gasteiger charge is 2.23. The van der Waals surface area contributed by atoms with Crippen LogP contribution in [0.15, 0.2) is 22.7 Å². The topological polar surface area (TPSA) is 35.2 Å². The van der Waals surface area contributed by atoms with E-state index in [1.165, 1.54) is 9.13 Å². The summed E-state index contributed by atoms with van der Waals surface area (Å²) in [6.07, 6.45) is 2.14. The highest BCUT2D eigenvalue weighted by atomic mass is 127. The third-order valence-corrected chi connectivity index (χ3v) is 4.48. The fourth-order valence-corrected chi connectivity index (χ4v) is 3.13. The van der Waals surface area contributed by atoms with Gasteiger partial charge in [0.25, 0.3) is 0 Å². The number of rotatable bonds is 2. The summed E-state index contributed by atoms with van der Waals surface area (Å²) in [6.45, 7) is 1.69. The van der Waals surface area contributed by atoms with E-state index in [0.717, 1.165) is 30.5 Å². The van der Waals surface area contributed by atoms with Gasteiger partial charge in [0.05, 0.1) is 0 Å². The molecule has 1 aromatic carbocycles. The quantitative estimate of drug-likeness (QED) is 0.778. The minimum atomic E-state index is 0.119. The van der Waals surface area contributed by atoms with Gasteiger partial charge in [-0.1, -0.05) is 15.9 Å². The van der Waals surface area contributed by atoms with Gasteiger partial charge in [0.2, 0.25) is 0 Å². The first-order valence-corrected chi connectivity index (χ1v) is 7.34. The Bertz CT molecular complexity index is 366. The second kappa shape index (κ2) is 5.80. The van der Waals surface area contributed by atoms with Crippen molar-refractivity contribution >= 4 is 38.5 Å². The van der Waals surface area contributed by atoms with E-state index in [9.17, 15) is 0 Å². The van der Waals surface area contributed by atoms with Crippen molar-refractivity contribution in [1.82, 2.24) is 0 Å². The monoisotopic (exact) mass is 395 g/mol. The third-order valence-electron chi connectivity index (χ3n) is 3.09. The van der Waals surface area contributed by atoms with Gasteiger partial charge in [0.15, 0.2) is 0 Å². The normalized spacial score (nSPS) is 19.7. The average molecular weight is 396 g/mol. The van der Waals surface area contributed by atoms with Crippen molar-refractivity contribution in [2.45, 2.75) is 18.9 Å². The summed E-state index contributed by atoms with van der Waals surface area (Å²) in [7, 11) is 0. The van der Waals surface area contributed by atoms with Crippen molar-refractivity contribution in [3.63, 3.8) is 0 Å². The Morgan fingerprint density at radius 2 is 2.06 bits per heavy atom. The Morgan fingerprint density at radius 3 is 2.75 bits per heavy atom. The van der Waals surface area contributed by atoms with Gasteiger partial charge in [0.1, 0.15) is 0 Å². The van der Waals surface area contributed by atoms with Crippen LogP contribution in [0.4, 0.5) is 0 Å². The Hall–Kier alpha value is 0.350. The Kier molecular flexibility index (Phi) is 4.64. The lowest BCUT2D eigenvalue weighted by molar-refractivity contribution is 0.0583. The molecule has 1 saturated heterocycles. The Balaban J connectivity index is 2.18. The molecule has 1 fully saturated rings. The lowest BCUT2D eigenvalue weighted by atomic mass is 9.88. The van der Waals surface area contributed by atoms with Crippen LogP contribution in [0.25, 0.3) is 0 Å². The number of ether oxygens (including phenoxy) is 1. The summed E-state index contributed by atoms with van der Waals surface area (Å²) in [6, 6.07) is 6.46. The van der Waals surface area contributed by atoms with E-state index < -0.39 is 0 Å². The molecule has 0 aromatic heterocycles. The fourth-order valence-electron chi connectivity index (χ4n) is 2.10. The first kappa shape index (κ1) is 12.8. The molecule has 1 aliphatic heterocycles. The highest BCUT2D eigenvalue weighted by Crippen LogP contribution is 2.32. The maximum atomic E-state index is 6.35. The molecule has 1 unspecified atom stereocenters. The van der Waals surface area contributed by atoms with Gasteiger partial charge in [-0.15, -0.1) is 0 Å². The predicted molar refractivity (Wildman–Crippen MR) is 77.3 cm³/mol. The highest BCUT2D eigenvalue weighted by molar-refractivity contribution is 14.1. The minimum absolute atomic E-state index is 0.119. The van der Waals surface area contributed by atoms with Gasteiger partial charge < -0.3 is 10.5 Å². The van der Waals surface area contributed by atoms with E-state index >= 15 is 0 Å². The Morgan fingerprint density at radius 1 is 1.38 bits per heavy atom. The second-order valence-corrected chi connectivity index (χ2v) is 6.24. The molecule has 1 aliphatic rings. The van der Waals surface area contributed by atoms with Crippen molar-refractivity contribution in [3.05, 3.63) is 31.8 Å². The molecular weight excluding hydrogens is 381 g/mol. The van der Waals surface area contributed by atoms with E-state index in [2.05, 4.69) is 56.7 Å². The molecule has 1 atom stereocenters. The summed E-state index contributed by atoms with van der Waals surface area (Å²) in [5.74, 6) is 0.545. The van der Waals surface area contributed by atoms with E-state index in [0.29, 0.717) is 5.92 Å². The smallest absolute Gasteiger partial charge is 0.0469 e. The molecule has 0 amide bonds. The molecular formula is C12H15BrINO. The fraction of sp³-hybridized carbons (Fsp3) is 0.500. The van der Waals surface area contributed by atoms with Gasteiger partial charge in [-0.05, 0) is 65.1 Å². The lowest BCUT2D eigenvalue weighted by Gasteiger charge is -2.28. The van der Waals surface area contributed by atoms with Crippen molar-refractivity contribution in [3.8, 4) is 0 Å². The van der Waals surface area contributed by atoms with Crippen LogP contribution < -0.4 is 5.73 Å². The molecule has 0 spiro atoms. The van der Waals surface area contributed by atoms with E-state index in [-0.39, 0.29) is 6.04 Å². The number of benzene rings is 1. The van der Waals surface area contributed by atoms with Crippen LogP contribution in [-0.2, 0) is 4.74 Å². The molecule has 0 radical (unpaired) electrons. The van der Waals surface area contributed by atoms with Gasteiger partial charge >= 0.3 is 0 Å². The van der Waals surface area contributed by atoms with Gasteiger partial charge in [0, 0.05) is 27.3 Å². The average Bonchev–Trinajstić information content (AvgIpc) is 2.32. The van der Waals surface area contributed by atoms with Crippen molar-refractivity contribution in [2.24, 2.45) is 11.7 Å². The van der Waals surface area contributed by atoms with Gasteiger partial charge in [-0.25, -0.2) is 0 Å². The number of hydrogen-bond acceptors (Lipinski definition) is 2. The van der Waals surface area contributed by atoms with E-state index in [4.69, 9.17) is 10.5 Å². The SMILES string of the molecule is NC(c1cc(I)ccc1Br)C1CCOCC1. The van der Waals surface area contributed by atoms with Crippen molar-refractivity contribution in [1.29, 1.82) is 0 Å². The van der Waals surface area contributed by atoms with E-state index in [1.54, 1.807) is 0 Å². The van der Waals surface area contributed by atoms with Crippen LogP contribution in [0.5, 0.6) is 0 Å². The number of halogens is 2. The summed E-state index contributed by atoms with van der Waals surface area (Å²) in [5.41, 5.74) is 7.57. The molecule has 2 N–H and O–H groups in total. The standard InChI is InChI=1S/C12H15BrINO/c13-11-2-1-9(14)7-10(11)12(15)8-3-5-16-6-4-8/h1-2,7-8,12H,3-6,15H2. The lowest BCUT2D eigenvalue weighted by Crippen LogP contribution is -2.27. The maximum Gasteiger partial charge on any atom is 0.0469 e. The van der Waals surface area contributed by atoms with Crippen LogP contribution in [0, 0.1) is 9.49 Å². The first-order chi connectivity index (χ1) is 7.68. The Labute approximate surface area is 118 Å². The van der Waals surface area contributed by atoms with E-state index in [1.807, 2.05) is 0 Å². The first-order valence-electron chi connectivity index (χ1n) is 5.47. The van der Waals surface area contributed by atoms with Crippen molar-refractivity contribution < 1.29 is 4.74 Å².